The van der Waals surface area contributed by atoms with Crippen LogP contribution in [0.4, 0.5) is 11.5 Å². The van der Waals surface area contributed by atoms with Gasteiger partial charge in [0.05, 0.1) is 15.7 Å². The molecule has 162 valence electrons. The van der Waals surface area contributed by atoms with E-state index < -0.39 is 10.0 Å². The van der Waals surface area contributed by atoms with Gasteiger partial charge in [0.25, 0.3) is 10.0 Å². The number of sulfonamides is 1. The summed E-state index contributed by atoms with van der Waals surface area (Å²) in [4.78, 5) is 4.43. The first kappa shape index (κ1) is 21.8. The molecule has 7 nitrogen and oxygen atoms in total. The summed E-state index contributed by atoms with van der Waals surface area (Å²) in [6.45, 7) is 3.86. The van der Waals surface area contributed by atoms with Gasteiger partial charge in [-0.1, -0.05) is 41.4 Å². The van der Waals surface area contributed by atoms with Crippen LogP contribution in [0.15, 0.2) is 59.5 Å². The van der Waals surface area contributed by atoms with Crippen molar-refractivity contribution in [3.63, 3.8) is 0 Å². The molecular formula is C21H21Cl2N5O2S. The summed E-state index contributed by atoms with van der Waals surface area (Å²) in [7, 11) is -1.76. The number of piperazine rings is 1. The number of anilines is 2. The maximum absolute atomic E-state index is 12.7. The Morgan fingerprint density at radius 3 is 2.26 bits per heavy atom. The van der Waals surface area contributed by atoms with Gasteiger partial charge in [-0.05, 0) is 43.4 Å². The number of halogens is 2. The highest BCUT2D eigenvalue weighted by molar-refractivity contribution is 7.92. The van der Waals surface area contributed by atoms with Gasteiger partial charge in [-0.25, -0.2) is 8.42 Å². The predicted octanol–water partition coefficient (Wildman–Crippen LogP) is 4.00. The van der Waals surface area contributed by atoms with E-state index in [1.165, 1.54) is 18.2 Å². The van der Waals surface area contributed by atoms with Crippen LogP contribution in [0, 0.1) is 0 Å². The molecule has 0 bridgehead atoms. The Labute approximate surface area is 191 Å². The largest absolute Gasteiger partial charge is 0.353 e. The van der Waals surface area contributed by atoms with Crippen LogP contribution >= 0.6 is 23.2 Å². The molecule has 1 fully saturated rings. The Hall–Kier alpha value is -2.39. The molecule has 1 saturated heterocycles. The Morgan fingerprint density at radius 1 is 0.903 bits per heavy atom. The fourth-order valence-corrected chi connectivity index (χ4v) is 5.12. The molecule has 1 N–H and O–H groups in total. The van der Waals surface area contributed by atoms with E-state index in [1.54, 1.807) is 24.3 Å². The maximum atomic E-state index is 12.7. The number of hydrogen-bond donors (Lipinski definition) is 1. The fourth-order valence-electron chi connectivity index (χ4n) is 3.29. The third-order valence-corrected chi connectivity index (χ3v) is 7.47. The highest BCUT2D eigenvalue weighted by atomic mass is 35.5. The normalized spacial score (nSPS) is 15.1. The lowest BCUT2D eigenvalue weighted by atomic mass is 10.1. The van der Waals surface area contributed by atoms with Crippen LogP contribution < -0.4 is 9.62 Å². The van der Waals surface area contributed by atoms with E-state index >= 15 is 0 Å². The van der Waals surface area contributed by atoms with Crippen LogP contribution in [-0.2, 0) is 10.0 Å². The number of rotatable bonds is 5. The Bertz CT molecular complexity index is 1160. The lowest BCUT2D eigenvalue weighted by Gasteiger charge is -2.32. The molecule has 0 unspecified atom stereocenters. The molecule has 1 aliphatic heterocycles. The molecular weight excluding hydrogens is 457 g/mol. The third kappa shape index (κ3) is 4.93. The minimum atomic E-state index is -3.87. The van der Waals surface area contributed by atoms with Crippen molar-refractivity contribution >= 4 is 44.7 Å². The van der Waals surface area contributed by atoms with Crippen molar-refractivity contribution in [3.05, 3.63) is 64.6 Å². The number of benzene rings is 2. The average Bonchev–Trinajstić information content (AvgIpc) is 2.76. The van der Waals surface area contributed by atoms with E-state index in [1.807, 2.05) is 12.1 Å². The topological polar surface area (TPSA) is 78.4 Å². The summed E-state index contributed by atoms with van der Waals surface area (Å²) >= 11 is 12.0. The van der Waals surface area contributed by atoms with Crippen LogP contribution in [0.3, 0.4) is 0 Å². The van der Waals surface area contributed by atoms with E-state index in [2.05, 4.69) is 31.8 Å². The van der Waals surface area contributed by atoms with Gasteiger partial charge in [0.15, 0.2) is 5.82 Å². The molecule has 1 aromatic heterocycles. The van der Waals surface area contributed by atoms with E-state index in [0.717, 1.165) is 37.6 Å². The lowest BCUT2D eigenvalue weighted by Crippen LogP contribution is -2.44. The molecule has 0 radical (unpaired) electrons. The Morgan fingerprint density at radius 2 is 1.61 bits per heavy atom. The van der Waals surface area contributed by atoms with Gasteiger partial charge in [-0.2, -0.15) is 0 Å². The zero-order chi connectivity index (χ0) is 22.0. The van der Waals surface area contributed by atoms with Crippen LogP contribution in [0.5, 0.6) is 0 Å². The van der Waals surface area contributed by atoms with Crippen molar-refractivity contribution in [2.24, 2.45) is 0 Å². The summed E-state index contributed by atoms with van der Waals surface area (Å²) in [5.41, 5.74) is 1.95. The number of nitrogens with zero attached hydrogens (tertiary/aromatic N) is 4. The molecule has 4 rings (SSSR count). The molecule has 0 aliphatic carbocycles. The molecule has 10 heteroatoms. The average molecular weight is 478 g/mol. The first-order valence-electron chi connectivity index (χ1n) is 9.68. The maximum Gasteiger partial charge on any atom is 0.263 e. The molecule has 2 aromatic carbocycles. The number of likely N-dealkylation sites (N-methyl/N-ethyl adjacent to an activating group) is 1. The molecule has 0 saturated carbocycles. The zero-order valence-corrected chi connectivity index (χ0v) is 19.1. The quantitative estimate of drug-likeness (QED) is 0.597. The van der Waals surface area contributed by atoms with Crippen LogP contribution in [0.1, 0.15) is 0 Å². The van der Waals surface area contributed by atoms with Gasteiger partial charge in [0.2, 0.25) is 0 Å². The molecule has 31 heavy (non-hydrogen) atoms. The van der Waals surface area contributed by atoms with Gasteiger partial charge in [0, 0.05) is 37.4 Å². The molecule has 0 spiro atoms. The minimum Gasteiger partial charge on any atom is -0.353 e. The number of hydrogen-bond acceptors (Lipinski definition) is 6. The van der Waals surface area contributed by atoms with Gasteiger partial charge in [-0.3, -0.25) is 4.72 Å². The van der Waals surface area contributed by atoms with Gasteiger partial charge >= 0.3 is 0 Å². The van der Waals surface area contributed by atoms with Gasteiger partial charge in [-0.15, -0.1) is 10.2 Å². The summed E-state index contributed by atoms with van der Waals surface area (Å²) in [5.74, 6) is 0.861. The first-order chi connectivity index (χ1) is 14.8. The van der Waals surface area contributed by atoms with E-state index in [-0.39, 0.29) is 14.9 Å². The lowest BCUT2D eigenvalue weighted by molar-refractivity contribution is 0.312. The third-order valence-electron chi connectivity index (χ3n) is 5.12. The second kappa shape index (κ2) is 9.00. The van der Waals surface area contributed by atoms with Gasteiger partial charge in [0.1, 0.15) is 4.90 Å². The number of aromatic nitrogens is 2. The van der Waals surface area contributed by atoms with Crippen molar-refractivity contribution in [2.45, 2.75) is 4.90 Å². The summed E-state index contributed by atoms with van der Waals surface area (Å²) in [6, 6.07) is 15.3. The summed E-state index contributed by atoms with van der Waals surface area (Å²) in [5, 5.41) is 8.87. The standard InChI is InChI=1S/C21H21Cl2N5O2S/c1-27-11-13-28(14-12-27)20-10-9-18(24-25-20)15-5-7-16(8-6-15)26-31(29,30)19-4-2-3-17(22)21(19)23/h2-10,26H,11-14H2,1H3. The zero-order valence-electron chi connectivity index (χ0n) is 16.8. The van der Waals surface area contributed by atoms with Crippen molar-refractivity contribution in [2.75, 3.05) is 42.8 Å². The highest BCUT2D eigenvalue weighted by Crippen LogP contribution is 2.30. The van der Waals surface area contributed by atoms with E-state index in [9.17, 15) is 8.42 Å². The highest BCUT2D eigenvalue weighted by Gasteiger charge is 2.20. The Kier molecular flexibility index (Phi) is 6.34. The van der Waals surface area contributed by atoms with E-state index in [4.69, 9.17) is 23.2 Å². The Balaban J connectivity index is 1.47. The predicted molar refractivity (Wildman–Crippen MR) is 124 cm³/mol. The second-order valence-corrected chi connectivity index (χ2v) is 9.74. The van der Waals surface area contributed by atoms with Crippen molar-refractivity contribution in [1.29, 1.82) is 0 Å². The smallest absolute Gasteiger partial charge is 0.263 e. The number of nitrogens with one attached hydrogen (secondary N) is 1. The van der Waals surface area contributed by atoms with Crippen molar-refractivity contribution in [3.8, 4) is 11.3 Å². The van der Waals surface area contributed by atoms with Gasteiger partial charge < -0.3 is 9.80 Å². The van der Waals surface area contributed by atoms with Crippen LogP contribution in [0.25, 0.3) is 11.3 Å². The van der Waals surface area contributed by atoms with Crippen LogP contribution in [-0.4, -0.2) is 56.7 Å². The first-order valence-corrected chi connectivity index (χ1v) is 11.9. The van der Waals surface area contributed by atoms with Crippen molar-refractivity contribution < 1.29 is 8.42 Å². The minimum absolute atomic E-state index is 0.0102. The molecule has 3 aromatic rings. The van der Waals surface area contributed by atoms with Crippen LogP contribution in [0.2, 0.25) is 10.0 Å². The fraction of sp³-hybridized carbons (Fsp3) is 0.238. The van der Waals surface area contributed by atoms with E-state index in [0.29, 0.717) is 11.4 Å². The molecule has 0 atom stereocenters. The molecule has 2 heterocycles. The van der Waals surface area contributed by atoms with Crippen molar-refractivity contribution in [1.82, 2.24) is 15.1 Å². The summed E-state index contributed by atoms with van der Waals surface area (Å²) in [6.07, 6.45) is 0. The molecule has 0 amide bonds. The molecule has 1 aliphatic rings. The monoisotopic (exact) mass is 477 g/mol. The summed E-state index contributed by atoms with van der Waals surface area (Å²) < 4.78 is 27.8. The second-order valence-electron chi connectivity index (χ2n) is 7.30. The SMILES string of the molecule is CN1CCN(c2ccc(-c3ccc(NS(=O)(=O)c4cccc(Cl)c4Cl)cc3)nn2)CC1.